The molecular weight excluding hydrogens is 226 g/mol. The molecule has 0 atom stereocenters. The minimum Gasteiger partial charge on any atom is -0.314 e. The molecule has 4 heteroatoms. The van der Waals surface area contributed by atoms with Crippen molar-refractivity contribution >= 4 is 5.78 Å². The summed E-state index contributed by atoms with van der Waals surface area (Å²) in [6, 6.07) is 0. The van der Waals surface area contributed by atoms with Crippen molar-refractivity contribution < 1.29 is 4.79 Å². The second kappa shape index (κ2) is 5.65. The lowest BCUT2D eigenvalue weighted by Gasteiger charge is -2.36. The molecule has 1 N–H and O–H groups in total. The molecule has 0 spiro atoms. The lowest BCUT2D eigenvalue weighted by Crippen LogP contribution is -2.46. The van der Waals surface area contributed by atoms with Crippen molar-refractivity contribution in [2.24, 2.45) is 0 Å². The zero-order valence-corrected chi connectivity index (χ0v) is 11.4. The van der Waals surface area contributed by atoms with E-state index in [4.69, 9.17) is 0 Å². The smallest absolute Gasteiger partial charge is 0.167 e. The minimum absolute atomic E-state index is 0.0175. The van der Waals surface area contributed by atoms with Crippen LogP contribution in [0, 0.1) is 0 Å². The molecular formula is C14H23N3O. The second-order valence-electron chi connectivity index (χ2n) is 5.28. The molecule has 18 heavy (non-hydrogen) atoms. The number of ketones is 1. The van der Waals surface area contributed by atoms with Crippen LogP contribution in [0.2, 0.25) is 0 Å². The van der Waals surface area contributed by atoms with Crippen LogP contribution < -0.4 is 5.32 Å². The standard InChI is InChI=1S/C14H23N3O/c1-3-17-11-12(10-16-17)13(18)9-14(15-2)7-5-4-6-8-14/h10-11,15H,3-9H2,1-2H3. The molecule has 2 rings (SSSR count). The van der Waals surface area contributed by atoms with E-state index in [-0.39, 0.29) is 11.3 Å². The first kappa shape index (κ1) is 13.3. The first-order valence-electron chi connectivity index (χ1n) is 6.94. The molecule has 1 saturated carbocycles. The molecule has 4 nitrogen and oxygen atoms in total. The van der Waals surface area contributed by atoms with Crippen molar-refractivity contribution in [3.05, 3.63) is 18.0 Å². The van der Waals surface area contributed by atoms with E-state index in [1.807, 2.05) is 20.2 Å². The SMILES string of the molecule is CCn1cc(C(=O)CC2(NC)CCCCC2)cn1. The summed E-state index contributed by atoms with van der Waals surface area (Å²) in [6.07, 6.45) is 10.1. The molecule has 0 radical (unpaired) electrons. The third-order valence-corrected chi connectivity index (χ3v) is 4.12. The predicted octanol–water partition coefficient (Wildman–Crippen LogP) is 2.40. The quantitative estimate of drug-likeness (QED) is 0.815. The monoisotopic (exact) mass is 249 g/mol. The van der Waals surface area contributed by atoms with Crippen molar-refractivity contribution in [2.75, 3.05) is 7.05 Å². The molecule has 1 fully saturated rings. The van der Waals surface area contributed by atoms with Crippen LogP contribution in [0.25, 0.3) is 0 Å². The summed E-state index contributed by atoms with van der Waals surface area (Å²) in [5.74, 6) is 0.214. The molecule has 0 bridgehead atoms. The average Bonchev–Trinajstić information content (AvgIpc) is 2.88. The minimum atomic E-state index is 0.0175. The van der Waals surface area contributed by atoms with E-state index in [0.717, 1.165) is 24.9 Å². The third-order valence-electron chi connectivity index (χ3n) is 4.12. The van der Waals surface area contributed by atoms with E-state index in [1.54, 1.807) is 10.9 Å². The van der Waals surface area contributed by atoms with Crippen molar-refractivity contribution in [1.29, 1.82) is 0 Å². The molecule has 100 valence electrons. The molecule has 0 aliphatic heterocycles. The summed E-state index contributed by atoms with van der Waals surface area (Å²) in [7, 11) is 1.98. The first-order valence-corrected chi connectivity index (χ1v) is 6.94. The van der Waals surface area contributed by atoms with E-state index >= 15 is 0 Å². The highest BCUT2D eigenvalue weighted by atomic mass is 16.1. The average molecular weight is 249 g/mol. The van der Waals surface area contributed by atoms with Crippen LogP contribution in [0.4, 0.5) is 0 Å². The van der Waals surface area contributed by atoms with Gasteiger partial charge in [-0.25, -0.2) is 0 Å². The van der Waals surface area contributed by atoms with Crippen LogP contribution in [-0.2, 0) is 6.54 Å². The summed E-state index contributed by atoms with van der Waals surface area (Å²) in [5.41, 5.74) is 0.765. The van der Waals surface area contributed by atoms with Crippen LogP contribution in [0.1, 0.15) is 55.8 Å². The van der Waals surface area contributed by atoms with E-state index < -0.39 is 0 Å². The Balaban J connectivity index is 2.04. The van der Waals surface area contributed by atoms with E-state index in [2.05, 4.69) is 10.4 Å². The third kappa shape index (κ3) is 2.80. The lowest BCUT2D eigenvalue weighted by atomic mass is 9.78. The summed E-state index contributed by atoms with van der Waals surface area (Å²) < 4.78 is 1.81. The van der Waals surface area contributed by atoms with Gasteiger partial charge >= 0.3 is 0 Å². The highest BCUT2D eigenvalue weighted by molar-refractivity contribution is 5.96. The molecule has 1 aromatic heterocycles. The number of carbonyl (C=O) groups excluding carboxylic acids is 1. The van der Waals surface area contributed by atoms with Crippen LogP contribution in [0.5, 0.6) is 0 Å². The van der Waals surface area contributed by atoms with Crippen molar-refractivity contribution in [2.45, 2.75) is 57.5 Å². The van der Waals surface area contributed by atoms with E-state index in [0.29, 0.717) is 6.42 Å². The van der Waals surface area contributed by atoms with Gasteiger partial charge in [-0.3, -0.25) is 9.48 Å². The highest BCUT2D eigenvalue weighted by Gasteiger charge is 2.33. The fourth-order valence-electron chi connectivity index (χ4n) is 2.83. The lowest BCUT2D eigenvalue weighted by molar-refractivity contribution is 0.0915. The molecule has 1 aromatic rings. The molecule has 0 saturated heterocycles. The molecule has 1 heterocycles. The Morgan fingerprint density at radius 3 is 2.72 bits per heavy atom. The van der Waals surface area contributed by atoms with Crippen LogP contribution in [0.3, 0.4) is 0 Å². The maximum atomic E-state index is 12.3. The number of hydrogen-bond acceptors (Lipinski definition) is 3. The Labute approximate surface area is 109 Å². The van der Waals surface area contributed by atoms with Gasteiger partial charge in [0.25, 0.3) is 0 Å². The number of nitrogens with zero attached hydrogens (tertiary/aromatic N) is 2. The number of nitrogens with one attached hydrogen (secondary N) is 1. The van der Waals surface area contributed by atoms with Crippen molar-refractivity contribution in [3.63, 3.8) is 0 Å². The number of Topliss-reactive ketones (excluding diaryl/α,β-unsaturated/α-hetero) is 1. The highest BCUT2D eigenvalue weighted by Crippen LogP contribution is 2.31. The Hall–Kier alpha value is -1.16. The maximum absolute atomic E-state index is 12.3. The van der Waals surface area contributed by atoms with Crippen LogP contribution in [-0.4, -0.2) is 28.2 Å². The summed E-state index contributed by atoms with van der Waals surface area (Å²) in [5, 5.41) is 7.56. The van der Waals surface area contributed by atoms with Gasteiger partial charge in [-0.1, -0.05) is 19.3 Å². The Bertz CT molecular complexity index is 405. The van der Waals surface area contributed by atoms with Gasteiger partial charge in [-0.05, 0) is 26.8 Å². The molecule has 1 aliphatic carbocycles. The number of aromatic nitrogens is 2. The van der Waals surface area contributed by atoms with Gasteiger partial charge in [-0.15, -0.1) is 0 Å². The summed E-state index contributed by atoms with van der Waals surface area (Å²) in [4.78, 5) is 12.3. The van der Waals surface area contributed by atoms with Crippen molar-refractivity contribution in [3.8, 4) is 0 Å². The van der Waals surface area contributed by atoms with Gasteiger partial charge in [0, 0.05) is 24.7 Å². The second-order valence-corrected chi connectivity index (χ2v) is 5.28. The van der Waals surface area contributed by atoms with Gasteiger partial charge < -0.3 is 5.32 Å². The van der Waals surface area contributed by atoms with E-state index in [9.17, 15) is 4.79 Å². The number of carbonyl (C=O) groups is 1. The largest absolute Gasteiger partial charge is 0.314 e. The van der Waals surface area contributed by atoms with Crippen LogP contribution >= 0.6 is 0 Å². The topological polar surface area (TPSA) is 46.9 Å². The van der Waals surface area contributed by atoms with E-state index in [1.165, 1.54) is 19.3 Å². The zero-order chi connectivity index (χ0) is 13.0. The maximum Gasteiger partial charge on any atom is 0.167 e. The van der Waals surface area contributed by atoms with Gasteiger partial charge in [-0.2, -0.15) is 5.10 Å². The Morgan fingerprint density at radius 2 is 2.17 bits per heavy atom. The number of rotatable bonds is 5. The Morgan fingerprint density at radius 1 is 1.44 bits per heavy atom. The number of hydrogen-bond donors (Lipinski definition) is 1. The predicted molar refractivity (Wildman–Crippen MR) is 71.7 cm³/mol. The summed E-state index contributed by atoms with van der Waals surface area (Å²) in [6.45, 7) is 2.84. The normalized spacial score (nSPS) is 18.8. The van der Waals surface area contributed by atoms with Gasteiger partial charge in [0.1, 0.15) is 0 Å². The van der Waals surface area contributed by atoms with Gasteiger partial charge in [0.15, 0.2) is 5.78 Å². The fourth-order valence-corrected chi connectivity index (χ4v) is 2.83. The number of aryl methyl sites for hydroxylation is 1. The van der Waals surface area contributed by atoms with Gasteiger partial charge in [0.05, 0.1) is 11.8 Å². The molecule has 0 aromatic carbocycles. The van der Waals surface area contributed by atoms with Crippen LogP contribution in [0.15, 0.2) is 12.4 Å². The van der Waals surface area contributed by atoms with Gasteiger partial charge in [0.2, 0.25) is 0 Å². The molecule has 0 unspecified atom stereocenters. The Kier molecular flexibility index (Phi) is 4.17. The first-order chi connectivity index (χ1) is 8.69. The zero-order valence-electron chi connectivity index (χ0n) is 11.4. The fraction of sp³-hybridized carbons (Fsp3) is 0.714. The van der Waals surface area contributed by atoms with Crippen molar-refractivity contribution in [1.82, 2.24) is 15.1 Å². The molecule has 1 aliphatic rings. The summed E-state index contributed by atoms with van der Waals surface area (Å²) >= 11 is 0. The molecule has 0 amide bonds.